The number of rotatable bonds is 8. The molecule has 248 valence electrons. The second kappa shape index (κ2) is 13.6. The SMILES string of the molecule is CCOC(=O)CS(=O)(=O)N1c2cc(C(F)(F)F)c(OC3CCN(C(=O)OC(C)(C)C)CC3)cc2CC1/C=C/c1cccc(C#N)c1. The molecule has 0 radical (unpaired) electrons. The monoisotopic (exact) mass is 663 g/mol. The summed E-state index contributed by atoms with van der Waals surface area (Å²) in [6.45, 7) is 7.11. The first-order chi connectivity index (χ1) is 21.5. The molecule has 0 spiro atoms. The van der Waals surface area contributed by atoms with Crippen LogP contribution < -0.4 is 9.04 Å². The average molecular weight is 664 g/mol. The van der Waals surface area contributed by atoms with Crippen molar-refractivity contribution in [2.45, 2.75) is 70.9 Å². The maximum Gasteiger partial charge on any atom is 0.420 e. The summed E-state index contributed by atoms with van der Waals surface area (Å²) >= 11 is 0. The third-order valence-corrected chi connectivity index (χ3v) is 8.94. The predicted molar refractivity (Wildman–Crippen MR) is 163 cm³/mol. The molecular weight excluding hydrogens is 627 g/mol. The molecule has 1 amide bonds. The number of ether oxygens (including phenoxy) is 3. The van der Waals surface area contributed by atoms with Gasteiger partial charge in [-0.1, -0.05) is 24.3 Å². The first kappa shape index (κ1) is 34.6. The lowest BCUT2D eigenvalue weighted by Crippen LogP contribution is -2.44. The van der Waals surface area contributed by atoms with Crippen LogP contribution in [0.5, 0.6) is 5.75 Å². The molecule has 1 unspecified atom stereocenters. The Bertz CT molecular complexity index is 1640. The number of amides is 1. The van der Waals surface area contributed by atoms with E-state index in [1.165, 1.54) is 24.0 Å². The Kier molecular flexibility index (Phi) is 10.3. The fourth-order valence-electron chi connectivity index (χ4n) is 5.30. The quantitative estimate of drug-likeness (QED) is 0.330. The lowest BCUT2D eigenvalue weighted by atomic mass is 10.0. The molecule has 1 fully saturated rings. The van der Waals surface area contributed by atoms with Gasteiger partial charge in [0, 0.05) is 25.9 Å². The van der Waals surface area contributed by atoms with Crippen LogP contribution in [0.25, 0.3) is 6.08 Å². The van der Waals surface area contributed by atoms with Gasteiger partial charge in [0.1, 0.15) is 17.5 Å². The first-order valence-electron chi connectivity index (χ1n) is 14.8. The number of carbonyl (C=O) groups is 2. The van der Waals surface area contributed by atoms with Crippen molar-refractivity contribution in [2.75, 3.05) is 29.8 Å². The number of hydrogen-bond donors (Lipinski definition) is 0. The molecular formula is C32H36F3N3O7S. The highest BCUT2D eigenvalue weighted by Crippen LogP contribution is 2.45. The molecule has 1 atom stereocenters. The van der Waals surface area contributed by atoms with Crippen LogP contribution in [0.2, 0.25) is 0 Å². The van der Waals surface area contributed by atoms with Crippen LogP contribution in [-0.2, 0) is 36.9 Å². The maximum atomic E-state index is 14.4. The van der Waals surface area contributed by atoms with Crippen LogP contribution in [0.4, 0.5) is 23.7 Å². The molecule has 4 rings (SSSR count). The van der Waals surface area contributed by atoms with Gasteiger partial charge in [-0.3, -0.25) is 9.10 Å². The highest BCUT2D eigenvalue weighted by atomic mass is 32.2. The Labute approximate surface area is 266 Å². The molecule has 2 heterocycles. The largest absolute Gasteiger partial charge is 0.490 e. The van der Waals surface area contributed by atoms with Gasteiger partial charge in [-0.05, 0) is 69.5 Å². The second-order valence-electron chi connectivity index (χ2n) is 12.0. The molecule has 0 bridgehead atoms. The van der Waals surface area contributed by atoms with E-state index in [1.807, 2.05) is 6.07 Å². The van der Waals surface area contributed by atoms with Gasteiger partial charge in [0.25, 0.3) is 0 Å². The third kappa shape index (κ3) is 8.51. The fourth-order valence-corrected chi connectivity index (χ4v) is 6.85. The smallest absolute Gasteiger partial charge is 0.420 e. The standard InChI is InChI=1S/C32H36F3N3O7S/c1-5-43-29(39)20-46(41,42)38-24(10-9-21-7-6-8-22(15-21)19-36)16-23-17-28(26(18-27(23)38)32(33,34)35)44-25-11-13-37(14-12-25)30(40)45-31(2,3)4/h6-10,15,17-18,24-25H,5,11-14,16,20H2,1-4H3/b10-9+. The molecule has 0 N–H and O–H groups in total. The van der Waals surface area contributed by atoms with E-state index in [0.717, 1.165) is 10.4 Å². The van der Waals surface area contributed by atoms with Crippen LogP contribution in [0.15, 0.2) is 42.5 Å². The van der Waals surface area contributed by atoms with Crippen molar-refractivity contribution in [2.24, 2.45) is 0 Å². The van der Waals surface area contributed by atoms with Crippen LogP contribution in [0.3, 0.4) is 0 Å². The van der Waals surface area contributed by atoms with Gasteiger partial charge >= 0.3 is 18.2 Å². The molecule has 2 aromatic rings. The number of fused-ring (bicyclic) bond motifs is 1. The molecule has 0 aliphatic carbocycles. The number of piperidine rings is 1. The number of halogens is 3. The molecule has 0 saturated carbocycles. The number of alkyl halides is 3. The van der Waals surface area contributed by atoms with Gasteiger partial charge in [-0.2, -0.15) is 18.4 Å². The summed E-state index contributed by atoms with van der Waals surface area (Å²) < 4.78 is 87.3. The van der Waals surface area contributed by atoms with Crippen molar-refractivity contribution in [3.05, 3.63) is 64.7 Å². The minimum atomic E-state index is -4.90. The summed E-state index contributed by atoms with van der Waals surface area (Å²) in [6, 6.07) is 9.50. The lowest BCUT2D eigenvalue weighted by molar-refractivity contribution is -0.140. The predicted octanol–water partition coefficient (Wildman–Crippen LogP) is 5.69. The van der Waals surface area contributed by atoms with Gasteiger partial charge in [0.2, 0.25) is 10.0 Å². The van der Waals surface area contributed by atoms with Crippen LogP contribution in [0.1, 0.15) is 62.8 Å². The van der Waals surface area contributed by atoms with Crippen molar-refractivity contribution in [3.63, 3.8) is 0 Å². The molecule has 2 aliphatic rings. The summed E-state index contributed by atoms with van der Waals surface area (Å²) in [7, 11) is -4.49. The lowest BCUT2D eigenvalue weighted by Gasteiger charge is -2.34. The highest BCUT2D eigenvalue weighted by molar-refractivity contribution is 7.93. The summed E-state index contributed by atoms with van der Waals surface area (Å²) in [5.74, 6) is -2.55. The van der Waals surface area contributed by atoms with Crippen molar-refractivity contribution < 1.29 is 45.4 Å². The first-order valence-corrected chi connectivity index (χ1v) is 16.4. The van der Waals surface area contributed by atoms with Crippen molar-refractivity contribution >= 4 is 33.8 Å². The maximum absolute atomic E-state index is 14.4. The van der Waals surface area contributed by atoms with Crippen molar-refractivity contribution in [3.8, 4) is 11.8 Å². The number of anilines is 1. The number of nitriles is 1. The van der Waals surface area contributed by atoms with Crippen molar-refractivity contribution in [1.29, 1.82) is 5.26 Å². The van der Waals surface area contributed by atoms with E-state index < -0.39 is 63.1 Å². The molecule has 2 aromatic carbocycles. The molecule has 14 heteroatoms. The Morgan fingerprint density at radius 1 is 1.11 bits per heavy atom. The highest BCUT2D eigenvalue weighted by Gasteiger charge is 2.43. The topological polar surface area (TPSA) is 126 Å². The molecule has 1 saturated heterocycles. The number of benzene rings is 2. The Morgan fingerprint density at radius 2 is 1.80 bits per heavy atom. The van der Waals surface area contributed by atoms with E-state index in [0.29, 0.717) is 11.1 Å². The minimum absolute atomic E-state index is 0.00256. The van der Waals surface area contributed by atoms with Crippen LogP contribution in [-0.4, -0.2) is 68.6 Å². The normalized spacial score (nSPS) is 17.5. The Morgan fingerprint density at radius 3 is 2.41 bits per heavy atom. The third-order valence-electron chi connectivity index (χ3n) is 7.27. The molecule has 0 aromatic heterocycles. The molecule has 10 nitrogen and oxygen atoms in total. The summed E-state index contributed by atoms with van der Waals surface area (Å²) in [4.78, 5) is 26.1. The Hall–Kier alpha value is -4.25. The van der Waals surface area contributed by atoms with E-state index in [-0.39, 0.29) is 50.2 Å². The minimum Gasteiger partial charge on any atom is -0.490 e. The second-order valence-corrected chi connectivity index (χ2v) is 13.8. The van der Waals surface area contributed by atoms with E-state index in [1.54, 1.807) is 51.1 Å². The molecule has 46 heavy (non-hydrogen) atoms. The number of esters is 1. The van der Waals surface area contributed by atoms with Gasteiger partial charge in [-0.25, -0.2) is 13.2 Å². The van der Waals surface area contributed by atoms with Gasteiger partial charge in [0.05, 0.1) is 35.5 Å². The zero-order chi connectivity index (χ0) is 33.9. The van der Waals surface area contributed by atoms with E-state index in [2.05, 4.69) is 0 Å². The molecule has 2 aliphatic heterocycles. The number of carbonyl (C=O) groups excluding carboxylic acids is 2. The zero-order valence-electron chi connectivity index (χ0n) is 26.0. The van der Waals surface area contributed by atoms with E-state index >= 15 is 0 Å². The Balaban J connectivity index is 1.66. The summed E-state index contributed by atoms with van der Waals surface area (Å²) in [5.41, 5.74) is -0.843. The van der Waals surface area contributed by atoms with Crippen LogP contribution >= 0.6 is 0 Å². The number of nitrogens with zero attached hydrogens (tertiary/aromatic N) is 3. The van der Waals surface area contributed by atoms with Crippen molar-refractivity contribution in [1.82, 2.24) is 4.90 Å². The van der Waals surface area contributed by atoms with Crippen LogP contribution in [0, 0.1) is 11.3 Å². The van der Waals surface area contributed by atoms with Gasteiger partial charge in [0.15, 0.2) is 5.75 Å². The van der Waals surface area contributed by atoms with E-state index in [4.69, 9.17) is 14.2 Å². The summed E-state index contributed by atoms with van der Waals surface area (Å²) in [6.07, 6.45) is -2.43. The zero-order valence-corrected chi connectivity index (χ0v) is 26.8. The van der Waals surface area contributed by atoms with Gasteiger partial charge in [-0.15, -0.1) is 0 Å². The number of hydrogen-bond acceptors (Lipinski definition) is 8. The average Bonchev–Trinajstić information content (AvgIpc) is 3.33. The van der Waals surface area contributed by atoms with Gasteiger partial charge < -0.3 is 19.1 Å². The summed E-state index contributed by atoms with van der Waals surface area (Å²) in [5, 5.41) is 9.22. The van der Waals surface area contributed by atoms with E-state index in [9.17, 15) is 36.4 Å². The number of sulfonamides is 1. The fraction of sp³-hybridized carbons (Fsp3) is 0.469. The number of likely N-dealkylation sites (tertiary alicyclic amines) is 1.